The number of hydrogen-bond acceptors (Lipinski definition) is 6. The quantitative estimate of drug-likeness (QED) is 0.500. The first-order chi connectivity index (χ1) is 15.2. The van der Waals surface area contributed by atoms with Gasteiger partial charge in [0.15, 0.2) is 10.6 Å². The molecule has 0 aliphatic carbocycles. The molecule has 1 aliphatic heterocycles. The number of hydrogen-bond donors (Lipinski definition) is 2. The SMILES string of the molecule is COc1ccc(C(CNC(=O)Cn2c(-c3cccs3)n[nH]c2=S)N2CCCCC2)cc1. The van der Waals surface area contributed by atoms with Crippen molar-refractivity contribution in [1.29, 1.82) is 0 Å². The summed E-state index contributed by atoms with van der Waals surface area (Å²) in [6, 6.07) is 12.2. The van der Waals surface area contributed by atoms with Crippen LogP contribution >= 0.6 is 23.6 Å². The molecule has 2 aromatic heterocycles. The Balaban J connectivity index is 1.46. The fraction of sp³-hybridized carbons (Fsp3) is 0.409. The Morgan fingerprint density at radius 2 is 2.03 bits per heavy atom. The molecule has 3 heterocycles. The van der Waals surface area contributed by atoms with E-state index in [1.807, 2.05) is 29.6 Å². The maximum atomic E-state index is 12.8. The van der Waals surface area contributed by atoms with E-state index in [9.17, 15) is 4.79 Å². The molecule has 1 atom stereocenters. The molecule has 1 amide bonds. The molecule has 1 aromatic carbocycles. The zero-order valence-electron chi connectivity index (χ0n) is 17.5. The van der Waals surface area contributed by atoms with Gasteiger partial charge in [0, 0.05) is 6.54 Å². The number of thiophene rings is 1. The van der Waals surface area contributed by atoms with Gasteiger partial charge in [0.25, 0.3) is 0 Å². The summed E-state index contributed by atoms with van der Waals surface area (Å²) in [5.74, 6) is 1.45. The summed E-state index contributed by atoms with van der Waals surface area (Å²) in [5.41, 5.74) is 1.18. The summed E-state index contributed by atoms with van der Waals surface area (Å²) in [4.78, 5) is 16.3. The van der Waals surface area contributed by atoms with Gasteiger partial charge < -0.3 is 10.1 Å². The third-order valence-electron chi connectivity index (χ3n) is 5.63. The van der Waals surface area contributed by atoms with Crippen molar-refractivity contribution in [2.24, 2.45) is 0 Å². The first-order valence-corrected chi connectivity index (χ1v) is 11.8. The molecule has 0 saturated carbocycles. The number of nitrogens with zero attached hydrogens (tertiary/aromatic N) is 3. The molecule has 0 radical (unpaired) electrons. The molecule has 9 heteroatoms. The summed E-state index contributed by atoms with van der Waals surface area (Å²) in [6.45, 7) is 2.77. The van der Waals surface area contributed by atoms with Crippen LogP contribution in [0.1, 0.15) is 30.9 Å². The van der Waals surface area contributed by atoms with Gasteiger partial charge in [-0.15, -0.1) is 11.3 Å². The molecule has 2 N–H and O–H groups in total. The molecule has 1 aliphatic rings. The summed E-state index contributed by atoms with van der Waals surface area (Å²) in [7, 11) is 1.67. The van der Waals surface area contributed by atoms with Crippen LogP contribution in [0.3, 0.4) is 0 Å². The summed E-state index contributed by atoms with van der Waals surface area (Å²) in [5, 5.41) is 12.2. The van der Waals surface area contributed by atoms with Gasteiger partial charge >= 0.3 is 0 Å². The number of ether oxygens (including phenoxy) is 1. The lowest BCUT2D eigenvalue weighted by molar-refractivity contribution is -0.122. The third kappa shape index (κ3) is 5.23. The predicted molar refractivity (Wildman–Crippen MR) is 125 cm³/mol. The molecule has 0 spiro atoms. The zero-order valence-corrected chi connectivity index (χ0v) is 19.2. The van der Waals surface area contributed by atoms with Crippen LogP contribution in [0.2, 0.25) is 0 Å². The lowest BCUT2D eigenvalue weighted by atomic mass is 10.0. The number of likely N-dealkylation sites (tertiary alicyclic amines) is 1. The van der Waals surface area contributed by atoms with Crippen molar-refractivity contribution >= 4 is 29.5 Å². The summed E-state index contributed by atoms with van der Waals surface area (Å²) < 4.78 is 7.50. The minimum atomic E-state index is -0.0779. The first-order valence-electron chi connectivity index (χ1n) is 10.5. The Morgan fingerprint density at radius 1 is 1.26 bits per heavy atom. The van der Waals surface area contributed by atoms with E-state index in [4.69, 9.17) is 17.0 Å². The molecule has 1 fully saturated rings. The van der Waals surface area contributed by atoms with Crippen LogP contribution < -0.4 is 10.1 Å². The summed E-state index contributed by atoms with van der Waals surface area (Å²) in [6.07, 6.45) is 3.65. The van der Waals surface area contributed by atoms with Crippen LogP contribution in [-0.4, -0.2) is 52.3 Å². The highest BCUT2D eigenvalue weighted by Gasteiger charge is 2.23. The highest BCUT2D eigenvalue weighted by atomic mass is 32.1. The van der Waals surface area contributed by atoms with Crippen molar-refractivity contribution < 1.29 is 9.53 Å². The maximum Gasteiger partial charge on any atom is 0.240 e. The Labute approximate surface area is 191 Å². The van der Waals surface area contributed by atoms with Crippen molar-refractivity contribution in [3.63, 3.8) is 0 Å². The molecular formula is C22H27N5O2S2. The van der Waals surface area contributed by atoms with E-state index in [2.05, 4.69) is 32.5 Å². The van der Waals surface area contributed by atoms with Crippen molar-refractivity contribution in [3.05, 3.63) is 52.1 Å². The highest BCUT2D eigenvalue weighted by Crippen LogP contribution is 2.26. The number of benzene rings is 1. The second kappa shape index (κ2) is 10.2. The zero-order chi connectivity index (χ0) is 21.6. The van der Waals surface area contributed by atoms with Gasteiger partial charge in [-0.2, -0.15) is 5.10 Å². The molecule has 7 nitrogen and oxygen atoms in total. The summed E-state index contributed by atoms with van der Waals surface area (Å²) >= 11 is 6.92. The maximum absolute atomic E-state index is 12.8. The second-order valence-corrected chi connectivity index (χ2v) is 8.94. The van der Waals surface area contributed by atoms with E-state index in [0.717, 1.165) is 23.7 Å². The van der Waals surface area contributed by atoms with Crippen LogP contribution in [0.25, 0.3) is 10.7 Å². The van der Waals surface area contributed by atoms with Gasteiger partial charge in [0.1, 0.15) is 12.3 Å². The molecule has 4 rings (SSSR count). The smallest absolute Gasteiger partial charge is 0.240 e. The Hall–Kier alpha value is -2.49. The van der Waals surface area contributed by atoms with Crippen LogP contribution in [0.5, 0.6) is 5.75 Å². The van der Waals surface area contributed by atoms with Gasteiger partial charge in [-0.3, -0.25) is 19.4 Å². The molecule has 164 valence electrons. The fourth-order valence-electron chi connectivity index (χ4n) is 3.98. The van der Waals surface area contributed by atoms with E-state index >= 15 is 0 Å². The standard InChI is InChI=1S/C22H27N5O2S2/c1-29-17-9-7-16(8-10-17)18(26-11-3-2-4-12-26)14-23-20(28)15-27-21(24-25-22(27)30)19-6-5-13-31-19/h5-10,13,18H,2-4,11-12,14-15H2,1H3,(H,23,28)(H,25,30). The second-order valence-electron chi connectivity index (χ2n) is 7.61. The van der Waals surface area contributed by atoms with E-state index in [1.54, 1.807) is 23.0 Å². The van der Waals surface area contributed by atoms with Crippen molar-refractivity contribution in [2.75, 3.05) is 26.7 Å². The number of carbonyl (C=O) groups excluding carboxylic acids is 1. The third-order valence-corrected chi connectivity index (χ3v) is 6.80. The lowest BCUT2D eigenvalue weighted by Gasteiger charge is -2.35. The number of rotatable bonds is 8. The van der Waals surface area contributed by atoms with Gasteiger partial charge in [-0.1, -0.05) is 24.6 Å². The number of piperidine rings is 1. The topological polar surface area (TPSA) is 75.2 Å². The van der Waals surface area contributed by atoms with E-state index in [1.165, 1.54) is 24.8 Å². The van der Waals surface area contributed by atoms with Gasteiger partial charge in [0.05, 0.1) is 18.0 Å². The molecule has 1 saturated heterocycles. The molecule has 0 bridgehead atoms. The minimum Gasteiger partial charge on any atom is -0.497 e. The number of aromatic amines is 1. The lowest BCUT2D eigenvalue weighted by Crippen LogP contribution is -2.41. The number of nitrogens with one attached hydrogen (secondary N) is 2. The van der Waals surface area contributed by atoms with Gasteiger partial charge in [-0.05, 0) is 67.3 Å². The number of aromatic nitrogens is 3. The van der Waals surface area contributed by atoms with Crippen LogP contribution in [0, 0.1) is 4.77 Å². The normalized spacial score (nSPS) is 15.5. The average molecular weight is 458 g/mol. The van der Waals surface area contributed by atoms with Crippen molar-refractivity contribution in [1.82, 2.24) is 25.0 Å². The molecule has 31 heavy (non-hydrogen) atoms. The first kappa shape index (κ1) is 21.7. The van der Waals surface area contributed by atoms with Crippen LogP contribution in [-0.2, 0) is 11.3 Å². The number of methoxy groups -OCH3 is 1. The fourth-order valence-corrected chi connectivity index (χ4v) is 4.90. The highest BCUT2D eigenvalue weighted by molar-refractivity contribution is 7.71. The minimum absolute atomic E-state index is 0.0779. The van der Waals surface area contributed by atoms with Gasteiger partial charge in [-0.25, -0.2) is 0 Å². The van der Waals surface area contributed by atoms with E-state index < -0.39 is 0 Å². The van der Waals surface area contributed by atoms with E-state index in [0.29, 0.717) is 17.1 Å². The van der Waals surface area contributed by atoms with Crippen LogP contribution in [0.15, 0.2) is 41.8 Å². The Morgan fingerprint density at radius 3 is 2.71 bits per heavy atom. The van der Waals surface area contributed by atoms with Gasteiger partial charge in [0.2, 0.25) is 5.91 Å². The number of amides is 1. The number of H-pyrrole nitrogens is 1. The van der Waals surface area contributed by atoms with Crippen molar-refractivity contribution in [3.8, 4) is 16.5 Å². The van der Waals surface area contributed by atoms with Crippen LogP contribution in [0.4, 0.5) is 0 Å². The largest absolute Gasteiger partial charge is 0.497 e. The Kier molecular flexibility index (Phi) is 7.16. The molecule has 1 unspecified atom stereocenters. The predicted octanol–water partition coefficient (Wildman–Crippen LogP) is 4.02. The Bertz CT molecular complexity index is 1040. The molecule has 3 aromatic rings. The van der Waals surface area contributed by atoms with E-state index in [-0.39, 0.29) is 18.5 Å². The molecular weight excluding hydrogens is 430 g/mol. The van der Waals surface area contributed by atoms with Crippen molar-refractivity contribution in [2.45, 2.75) is 31.8 Å². The monoisotopic (exact) mass is 457 g/mol. The number of carbonyl (C=O) groups is 1. The average Bonchev–Trinajstić information content (AvgIpc) is 3.45.